The largest absolute Gasteiger partial charge is 0.397 e. The highest BCUT2D eigenvalue weighted by molar-refractivity contribution is 5.71. The van der Waals surface area contributed by atoms with Crippen molar-refractivity contribution in [3.8, 4) is 0 Å². The lowest BCUT2D eigenvalue weighted by Gasteiger charge is -2.04. The molecule has 4 heteroatoms. The molecule has 0 fully saturated rings. The average molecular weight is 175 g/mol. The minimum Gasteiger partial charge on any atom is -0.397 e. The lowest BCUT2D eigenvalue weighted by Crippen LogP contribution is -1.94. The number of aromatic nitrogens is 1. The molecule has 4 nitrogen and oxygen atoms in total. The van der Waals surface area contributed by atoms with E-state index in [-0.39, 0.29) is 0 Å². The maximum absolute atomic E-state index is 5.72. The molecule has 0 amide bonds. The zero-order chi connectivity index (χ0) is 9.10. The van der Waals surface area contributed by atoms with Crippen LogP contribution < -0.4 is 11.1 Å². The maximum Gasteiger partial charge on any atom is 0.147 e. The van der Waals surface area contributed by atoms with Crippen molar-refractivity contribution in [1.82, 2.24) is 5.16 Å². The van der Waals surface area contributed by atoms with Crippen LogP contribution in [0.15, 0.2) is 41.2 Å². The zero-order valence-electron chi connectivity index (χ0n) is 6.90. The first-order chi connectivity index (χ1) is 6.36. The second-order valence-corrected chi connectivity index (χ2v) is 2.63. The number of anilines is 3. The Kier molecular flexibility index (Phi) is 1.88. The lowest BCUT2D eigenvalue weighted by molar-refractivity contribution is 0.420. The van der Waals surface area contributed by atoms with Crippen molar-refractivity contribution in [2.75, 3.05) is 11.1 Å². The summed E-state index contributed by atoms with van der Waals surface area (Å²) in [6.07, 6.45) is 3.11. The van der Waals surface area contributed by atoms with Gasteiger partial charge in [-0.3, -0.25) is 0 Å². The summed E-state index contributed by atoms with van der Waals surface area (Å²) >= 11 is 0. The van der Waals surface area contributed by atoms with Crippen LogP contribution in [0.1, 0.15) is 0 Å². The standard InChI is InChI=1S/C9H9N3O/c10-8-3-1-2-4-9(8)12-7-5-11-13-6-7/h1-6,12H,10H2. The van der Waals surface area contributed by atoms with Crippen molar-refractivity contribution in [2.24, 2.45) is 0 Å². The monoisotopic (exact) mass is 175 g/mol. The number of nitrogens with zero attached hydrogens (tertiary/aromatic N) is 1. The van der Waals surface area contributed by atoms with Crippen molar-refractivity contribution in [3.63, 3.8) is 0 Å². The van der Waals surface area contributed by atoms with Gasteiger partial charge in [-0.25, -0.2) is 0 Å². The predicted molar refractivity (Wildman–Crippen MR) is 50.6 cm³/mol. The van der Waals surface area contributed by atoms with E-state index in [1.165, 1.54) is 6.26 Å². The van der Waals surface area contributed by atoms with Gasteiger partial charge < -0.3 is 15.6 Å². The van der Waals surface area contributed by atoms with Gasteiger partial charge in [0.15, 0.2) is 0 Å². The fourth-order valence-corrected chi connectivity index (χ4v) is 1.03. The zero-order valence-corrected chi connectivity index (χ0v) is 6.90. The maximum atomic E-state index is 5.72. The number of nitrogen functional groups attached to an aromatic ring is 1. The highest BCUT2D eigenvalue weighted by Gasteiger charge is 1.98. The first-order valence-electron chi connectivity index (χ1n) is 3.87. The van der Waals surface area contributed by atoms with Crippen molar-refractivity contribution in [3.05, 3.63) is 36.7 Å². The van der Waals surface area contributed by atoms with E-state index >= 15 is 0 Å². The third kappa shape index (κ3) is 1.61. The number of rotatable bonds is 2. The number of hydrogen-bond donors (Lipinski definition) is 2. The van der Waals surface area contributed by atoms with Gasteiger partial charge in [-0.15, -0.1) is 0 Å². The van der Waals surface area contributed by atoms with Gasteiger partial charge in [-0.05, 0) is 12.1 Å². The molecular formula is C9H9N3O. The van der Waals surface area contributed by atoms with Crippen LogP contribution in [-0.2, 0) is 0 Å². The molecule has 0 radical (unpaired) electrons. The molecule has 0 aliphatic rings. The summed E-state index contributed by atoms with van der Waals surface area (Å²) in [6, 6.07) is 7.51. The van der Waals surface area contributed by atoms with Crippen LogP contribution >= 0.6 is 0 Å². The van der Waals surface area contributed by atoms with E-state index in [1.807, 2.05) is 24.3 Å². The van der Waals surface area contributed by atoms with Crippen molar-refractivity contribution >= 4 is 17.1 Å². The Morgan fingerprint density at radius 2 is 2.15 bits per heavy atom. The molecule has 0 saturated carbocycles. The van der Waals surface area contributed by atoms with Gasteiger partial charge >= 0.3 is 0 Å². The van der Waals surface area contributed by atoms with Crippen LogP contribution in [0, 0.1) is 0 Å². The number of nitrogens with two attached hydrogens (primary N) is 1. The summed E-state index contributed by atoms with van der Waals surface area (Å²) in [5, 5.41) is 6.64. The van der Waals surface area contributed by atoms with Gasteiger partial charge in [0, 0.05) is 0 Å². The molecule has 0 bridgehead atoms. The van der Waals surface area contributed by atoms with Gasteiger partial charge in [-0.1, -0.05) is 17.3 Å². The summed E-state index contributed by atoms with van der Waals surface area (Å²) in [5.74, 6) is 0. The molecule has 0 spiro atoms. The molecule has 0 saturated heterocycles. The Morgan fingerprint density at radius 3 is 2.85 bits per heavy atom. The van der Waals surface area contributed by atoms with Crippen LogP contribution in [0.4, 0.5) is 17.1 Å². The lowest BCUT2D eigenvalue weighted by atomic mass is 10.2. The molecule has 0 atom stereocenters. The third-order valence-electron chi connectivity index (χ3n) is 1.67. The Bertz CT molecular complexity index is 384. The highest BCUT2D eigenvalue weighted by atomic mass is 16.5. The Labute approximate surface area is 75.3 Å². The molecule has 1 aromatic carbocycles. The van der Waals surface area contributed by atoms with Gasteiger partial charge in [0.2, 0.25) is 0 Å². The van der Waals surface area contributed by atoms with E-state index in [1.54, 1.807) is 6.20 Å². The van der Waals surface area contributed by atoms with Crippen molar-refractivity contribution in [1.29, 1.82) is 0 Å². The average Bonchev–Trinajstić information content (AvgIpc) is 2.61. The SMILES string of the molecule is Nc1ccccc1Nc1cnoc1. The molecule has 3 N–H and O–H groups in total. The molecule has 1 heterocycles. The van der Waals surface area contributed by atoms with E-state index in [2.05, 4.69) is 15.0 Å². The van der Waals surface area contributed by atoms with E-state index in [0.29, 0.717) is 5.69 Å². The molecule has 1 aromatic heterocycles. The first-order valence-corrected chi connectivity index (χ1v) is 3.87. The molecule has 0 aliphatic heterocycles. The number of hydrogen-bond acceptors (Lipinski definition) is 4. The number of para-hydroxylation sites is 2. The normalized spacial score (nSPS) is 9.85. The predicted octanol–water partition coefficient (Wildman–Crippen LogP) is 2.00. The summed E-state index contributed by atoms with van der Waals surface area (Å²) in [7, 11) is 0. The van der Waals surface area contributed by atoms with Gasteiger partial charge in [0.05, 0.1) is 23.3 Å². The minimum absolute atomic E-state index is 0.698. The number of benzene rings is 1. The molecule has 66 valence electrons. The summed E-state index contributed by atoms with van der Waals surface area (Å²) in [4.78, 5) is 0. The fourth-order valence-electron chi connectivity index (χ4n) is 1.03. The smallest absolute Gasteiger partial charge is 0.147 e. The topological polar surface area (TPSA) is 64.1 Å². The summed E-state index contributed by atoms with van der Waals surface area (Å²) < 4.78 is 4.67. The number of nitrogens with one attached hydrogen (secondary N) is 1. The second kappa shape index (κ2) is 3.18. The Morgan fingerprint density at radius 1 is 1.31 bits per heavy atom. The molecule has 2 rings (SSSR count). The summed E-state index contributed by atoms with van der Waals surface area (Å²) in [5.41, 5.74) is 8.06. The van der Waals surface area contributed by atoms with Crippen molar-refractivity contribution < 1.29 is 4.52 Å². The van der Waals surface area contributed by atoms with Crippen LogP contribution in [0.2, 0.25) is 0 Å². The van der Waals surface area contributed by atoms with Gasteiger partial charge in [-0.2, -0.15) is 0 Å². The third-order valence-corrected chi connectivity index (χ3v) is 1.67. The van der Waals surface area contributed by atoms with Gasteiger partial charge in [0.1, 0.15) is 6.26 Å². The summed E-state index contributed by atoms with van der Waals surface area (Å²) in [6.45, 7) is 0. The van der Waals surface area contributed by atoms with E-state index in [0.717, 1.165) is 11.4 Å². The first kappa shape index (κ1) is 7.67. The van der Waals surface area contributed by atoms with E-state index < -0.39 is 0 Å². The minimum atomic E-state index is 0.698. The molecule has 2 aromatic rings. The molecule has 0 aliphatic carbocycles. The fraction of sp³-hybridized carbons (Fsp3) is 0. The molecular weight excluding hydrogens is 166 g/mol. The van der Waals surface area contributed by atoms with E-state index in [9.17, 15) is 0 Å². The van der Waals surface area contributed by atoms with Crippen LogP contribution in [0.25, 0.3) is 0 Å². The second-order valence-electron chi connectivity index (χ2n) is 2.63. The van der Waals surface area contributed by atoms with Gasteiger partial charge in [0.25, 0.3) is 0 Å². The quantitative estimate of drug-likeness (QED) is 0.685. The van der Waals surface area contributed by atoms with Crippen LogP contribution in [-0.4, -0.2) is 5.16 Å². The van der Waals surface area contributed by atoms with Crippen molar-refractivity contribution in [2.45, 2.75) is 0 Å². The Balaban J connectivity index is 2.24. The molecule has 13 heavy (non-hydrogen) atoms. The highest BCUT2D eigenvalue weighted by Crippen LogP contribution is 2.21. The molecule has 0 unspecified atom stereocenters. The van der Waals surface area contributed by atoms with E-state index in [4.69, 9.17) is 5.73 Å². The Hall–Kier alpha value is -1.97. The van der Waals surface area contributed by atoms with Crippen LogP contribution in [0.3, 0.4) is 0 Å². The van der Waals surface area contributed by atoms with Crippen LogP contribution in [0.5, 0.6) is 0 Å².